The van der Waals surface area contributed by atoms with Gasteiger partial charge in [0, 0.05) is 32.4 Å². The molecule has 0 atom stereocenters. The zero-order valence-electron chi connectivity index (χ0n) is 16.1. The standard InChI is InChI=1S/C19H26N4O3/c1-13-6-7-15-20-14(2)16(23(15)12-13)17(24)21-8-10-22(11-9-21)18(25)26-19(3,4)5/h6-7,12H,8-11H2,1-5H3. The molecule has 2 aromatic rings. The number of aryl methyl sites for hydroxylation is 2. The molecule has 0 aliphatic carbocycles. The highest BCUT2D eigenvalue weighted by Gasteiger charge is 2.30. The van der Waals surface area contributed by atoms with Crippen molar-refractivity contribution in [2.75, 3.05) is 26.2 Å². The molecule has 1 aliphatic heterocycles. The van der Waals surface area contributed by atoms with Crippen LogP contribution in [0, 0.1) is 13.8 Å². The number of fused-ring (bicyclic) bond motifs is 1. The van der Waals surface area contributed by atoms with Crippen molar-refractivity contribution in [3.05, 3.63) is 35.3 Å². The number of nitrogens with zero attached hydrogens (tertiary/aromatic N) is 4. The van der Waals surface area contributed by atoms with Crippen LogP contribution in [0.1, 0.15) is 42.5 Å². The summed E-state index contributed by atoms with van der Waals surface area (Å²) >= 11 is 0. The second-order valence-corrected chi connectivity index (χ2v) is 7.74. The number of pyridine rings is 1. The highest BCUT2D eigenvalue weighted by molar-refractivity contribution is 5.95. The largest absolute Gasteiger partial charge is 0.444 e. The van der Waals surface area contributed by atoms with Crippen LogP contribution < -0.4 is 0 Å². The van der Waals surface area contributed by atoms with E-state index in [2.05, 4.69) is 4.98 Å². The van der Waals surface area contributed by atoms with E-state index in [9.17, 15) is 9.59 Å². The van der Waals surface area contributed by atoms with Gasteiger partial charge in [0.2, 0.25) is 0 Å². The Labute approximate surface area is 153 Å². The maximum absolute atomic E-state index is 13.0. The second-order valence-electron chi connectivity index (χ2n) is 7.74. The third kappa shape index (κ3) is 3.66. The van der Waals surface area contributed by atoms with Crippen LogP contribution in [-0.4, -0.2) is 63.0 Å². The summed E-state index contributed by atoms with van der Waals surface area (Å²) in [6, 6.07) is 3.90. The molecule has 3 heterocycles. The number of imidazole rings is 1. The Bertz CT molecular complexity index is 842. The first-order chi connectivity index (χ1) is 12.2. The molecule has 26 heavy (non-hydrogen) atoms. The molecule has 0 radical (unpaired) electrons. The minimum absolute atomic E-state index is 0.0514. The number of aromatic nitrogens is 2. The zero-order chi connectivity index (χ0) is 19.1. The number of amides is 2. The molecule has 1 fully saturated rings. The summed E-state index contributed by atoms with van der Waals surface area (Å²) in [5.41, 5.74) is 2.63. The molecule has 3 rings (SSSR count). The van der Waals surface area contributed by atoms with E-state index in [4.69, 9.17) is 4.74 Å². The molecule has 1 aliphatic rings. The predicted molar refractivity (Wildman–Crippen MR) is 98.4 cm³/mol. The van der Waals surface area contributed by atoms with Crippen LogP contribution in [0.5, 0.6) is 0 Å². The van der Waals surface area contributed by atoms with Gasteiger partial charge >= 0.3 is 6.09 Å². The van der Waals surface area contributed by atoms with Gasteiger partial charge in [-0.15, -0.1) is 0 Å². The second kappa shape index (κ2) is 6.63. The SMILES string of the molecule is Cc1ccc2nc(C)c(C(=O)N3CCN(C(=O)OC(C)(C)C)CC3)n2c1. The lowest BCUT2D eigenvalue weighted by molar-refractivity contribution is 0.0140. The van der Waals surface area contributed by atoms with Crippen molar-refractivity contribution < 1.29 is 14.3 Å². The topological polar surface area (TPSA) is 67.2 Å². The smallest absolute Gasteiger partial charge is 0.410 e. The van der Waals surface area contributed by atoms with Crippen LogP contribution in [-0.2, 0) is 4.74 Å². The van der Waals surface area contributed by atoms with E-state index in [0.717, 1.165) is 16.9 Å². The molecule has 2 aromatic heterocycles. The van der Waals surface area contributed by atoms with Gasteiger partial charge in [0.15, 0.2) is 0 Å². The lowest BCUT2D eigenvalue weighted by atomic mass is 10.2. The summed E-state index contributed by atoms with van der Waals surface area (Å²) in [6.45, 7) is 11.3. The predicted octanol–water partition coefficient (Wildman–Crippen LogP) is 2.64. The molecule has 0 aromatic carbocycles. The maximum atomic E-state index is 13.0. The fraction of sp³-hybridized carbons (Fsp3) is 0.526. The van der Waals surface area contributed by atoms with Gasteiger partial charge in [-0.25, -0.2) is 9.78 Å². The van der Waals surface area contributed by atoms with E-state index in [0.29, 0.717) is 31.9 Å². The average molecular weight is 358 g/mol. The molecule has 0 unspecified atom stereocenters. The van der Waals surface area contributed by atoms with Crippen molar-refractivity contribution in [3.63, 3.8) is 0 Å². The summed E-state index contributed by atoms with van der Waals surface area (Å²) in [6.07, 6.45) is 1.60. The summed E-state index contributed by atoms with van der Waals surface area (Å²) in [7, 11) is 0. The molecule has 0 saturated carbocycles. The van der Waals surface area contributed by atoms with Gasteiger partial charge in [-0.2, -0.15) is 0 Å². The summed E-state index contributed by atoms with van der Waals surface area (Å²) < 4.78 is 7.26. The molecule has 0 spiro atoms. The van der Waals surface area contributed by atoms with Crippen LogP contribution in [0.3, 0.4) is 0 Å². The van der Waals surface area contributed by atoms with E-state index in [1.54, 1.807) is 9.80 Å². The molecule has 7 heteroatoms. The van der Waals surface area contributed by atoms with Gasteiger partial charge in [0.1, 0.15) is 16.9 Å². The summed E-state index contributed by atoms with van der Waals surface area (Å²) in [5, 5.41) is 0. The van der Waals surface area contributed by atoms with Crippen molar-refractivity contribution in [2.45, 2.75) is 40.2 Å². The minimum atomic E-state index is -0.518. The van der Waals surface area contributed by atoms with Crippen molar-refractivity contribution >= 4 is 17.6 Å². The first kappa shape index (κ1) is 18.2. The number of ether oxygens (including phenoxy) is 1. The average Bonchev–Trinajstić information content (AvgIpc) is 2.88. The third-order valence-electron chi connectivity index (χ3n) is 4.36. The lowest BCUT2D eigenvalue weighted by Crippen LogP contribution is -2.51. The van der Waals surface area contributed by atoms with Crippen LogP contribution in [0.2, 0.25) is 0 Å². The molecular weight excluding hydrogens is 332 g/mol. The molecule has 2 amide bonds. The van der Waals surface area contributed by atoms with Crippen LogP contribution in [0.15, 0.2) is 18.3 Å². The lowest BCUT2D eigenvalue weighted by Gasteiger charge is -2.35. The normalized spacial score (nSPS) is 15.4. The van der Waals surface area contributed by atoms with Gasteiger partial charge in [0.25, 0.3) is 5.91 Å². The van der Waals surface area contributed by atoms with Crippen molar-refractivity contribution in [2.24, 2.45) is 0 Å². The van der Waals surface area contributed by atoms with Crippen LogP contribution in [0.25, 0.3) is 5.65 Å². The van der Waals surface area contributed by atoms with E-state index >= 15 is 0 Å². The monoisotopic (exact) mass is 358 g/mol. The van der Waals surface area contributed by atoms with Crippen molar-refractivity contribution in [1.29, 1.82) is 0 Å². The first-order valence-corrected chi connectivity index (χ1v) is 8.88. The Morgan fingerprint density at radius 3 is 2.27 bits per heavy atom. The van der Waals surface area contributed by atoms with E-state index in [1.165, 1.54) is 0 Å². The van der Waals surface area contributed by atoms with Crippen molar-refractivity contribution in [1.82, 2.24) is 19.2 Å². The fourth-order valence-corrected chi connectivity index (χ4v) is 3.09. The number of rotatable bonds is 1. The van der Waals surface area contributed by atoms with E-state index in [1.807, 2.05) is 57.3 Å². The molecule has 7 nitrogen and oxygen atoms in total. The van der Waals surface area contributed by atoms with E-state index in [-0.39, 0.29) is 12.0 Å². The molecule has 1 saturated heterocycles. The number of piperazine rings is 1. The first-order valence-electron chi connectivity index (χ1n) is 8.88. The van der Waals surface area contributed by atoms with E-state index < -0.39 is 5.60 Å². The minimum Gasteiger partial charge on any atom is -0.444 e. The Balaban J connectivity index is 1.72. The van der Waals surface area contributed by atoms with Crippen LogP contribution in [0.4, 0.5) is 4.79 Å². The molecular formula is C19H26N4O3. The van der Waals surface area contributed by atoms with Gasteiger partial charge in [-0.3, -0.25) is 9.20 Å². The summed E-state index contributed by atoms with van der Waals surface area (Å²) in [4.78, 5) is 33.1. The zero-order valence-corrected chi connectivity index (χ0v) is 16.1. The van der Waals surface area contributed by atoms with Crippen LogP contribution >= 0.6 is 0 Å². The number of hydrogen-bond acceptors (Lipinski definition) is 4. The van der Waals surface area contributed by atoms with Crippen molar-refractivity contribution in [3.8, 4) is 0 Å². The van der Waals surface area contributed by atoms with Gasteiger partial charge in [-0.05, 0) is 46.2 Å². The Kier molecular flexibility index (Phi) is 4.64. The quantitative estimate of drug-likeness (QED) is 0.786. The Morgan fingerprint density at radius 2 is 1.65 bits per heavy atom. The van der Waals surface area contributed by atoms with Gasteiger partial charge in [-0.1, -0.05) is 6.07 Å². The molecule has 140 valence electrons. The van der Waals surface area contributed by atoms with Gasteiger partial charge < -0.3 is 14.5 Å². The summed E-state index contributed by atoms with van der Waals surface area (Å²) in [5.74, 6) is -0.0514. The molecule has 0 bridgehead atoms. The number of hydrogen-bond donors (Lipinski definition) is 0. The number of carbonyl (C=O) groups excluding carboxylic acids is 2. The third-order valence-corrected chi connectivity index (χ3v) is 4.36. The highest BCUT2D eigenvalue weighted by Crippen LogP contribution is 2.18. The Hall–Kier alpha value is -2.57. The highest BCUT2D eigenvalue weighted by atomic mass is 16.6. The fourth-order valence-electron chi connectivity index (χ4n) is 3.09. The molecule has 0 N–H and O–H groups in total. The maximum Gasteiger partial charge on any atom is 0.410 e. The van der Waals surface area contributed by atoms with Gasteiger partial charge in [0.05, 0.1) is 5.69 Å². The Morgan fingerprint density at radius 1 is 1.04 bits per heavy atom. The number of carbonyl (C=O) groups is 2.